The van der Waals surface area contributed by atoms with Gasteiger partial charge < -0.3 is 27.9 Å². The van der Waals surface area contributed by atoms with Crippen molar-refractivity contribution < 1.29 is 42.1 Å². The van der Waals surface area contributed by atoms with Crippen molar-refractivity contribution in [3.05, 3.63) is 122 Å². The van der Waals surface area contributed by atoms with E-state index < -0.39 is 32.5 Å². The molecule has 0 fully saturated rings. The highest BCUT2D eigenvalue weighted by atomic mass is 31.2. The second-order valence-electron chi connectivity index (χ2n) is 17.4. The van der Waals surface area contributed by atoms with Gasteiger partial charge in [0.1, 0.15) is 19.8 Å². The third-order valence-corrected chi connectivity index (χ3v) is 10.9. The van der Waals surface area contributed by atoms with Gasteiger partial charge in [-0.05, 0) is 103 Å². The quantitative estimate of drug-likeness (QED) is 0.0195. The number of unbranched alkanes of at least 4 members (excludes halogenated alkanes) is 10. The molecule has 0 radical (unpaired) electrons. The summed E-state index contributed by atoms with van der Waals surface area (Å²) in [5.74, 6) is -0.897. The first-order valence-corrected chi connectivity index (χ1v) is 26.7. The van der Waals surface area contributed by atoms with Crippen LogP contribution in [0, 0.1) is 0 Å². The molecule has 0 aliphatic rings. The van der Waals surface area contributed by atoms with Crippen molar-refractivity contribution in [1.82, 2.24) is 0 Å². The Morgan fingerprint density at radius 3 is 1.32 bits per heavy atom. The Hall–Kier alpha value is -3.59. The first-order valence-electron chi connectivity index (χ1n) is 25.2. The standard InChI is InChI=1S/C56H92NO8P/c1-6-8-10-12-14-16-18-19-20-21-22-23-24-25-26-27-28-29-30-31-32-33-34-35-36-37-39-41-43-45-47-49-56(59)65-54(53-64-66(60,61)63-51-50-57(3,4)5)52-62-55(58)48-46-44-42-40-38-17-15-13-11-9-7-2/h8,10,13-16,19-20,22-23,25-26,28-29,31-32,34-35,37,39,54H,6-7,9,11-12,17-18,21,24,27,30,33,36,38,40-53H2,1-5H3/b10-8-,15-13-,16-14-,20-19-,23-22-,26-25-,29-28-,32-31-,35-34-,39-37-. The van der Waals surface area contributed by atoms with Gasteiger partial charge in [0.2, 0.25) is 0 Å². The molecule has 0 aromatic carbocycles. The van der Waals surface area contributed by atoms with E-state index in [0.29, 0.717) is 23.9 Å². The number of quaternary nitrogens is 1. The number of nitrogens with zero attached hydrogens (tertiary/aromatic N) is 1. The molecule has 0 N–H and O–H groups in total. The van der Waals surface area contributed by atoms with E-state index in [0.717, 1.165) is 116 Å². The molecule has 0 heterocycles. The normalized spacial score (nSPS) is 14.5. The summed E-state index contributed by atoms with van der Waals surface area (Å²) in [5, 5.41) is 0. The van der Waals surface area contributed by atoms with E-state index in [1.165, 1.54) is 12.8 Å². The number of rotatable bonds is 44. The highest BCUT2D eigenvalue weighted by Crippen LogP contribution is 2.38. The molecule has 0 amide bonds. The maximum atomic E-state index is 12.7. The third kappa shape index (κ3) is 49.8. The fourth-order valence-corrected chi connectivity index (χ4v) is 6.77. The molecule has 0 aromatic rings. The molecule has 2 atom stereocenters. The number of hydrogen-bond donors (Lipinski definition) is 0. The molecule has 0 bridgehead atoms. The molecule has 2 unspecified atom stereocenters. The van der Waals surface area contributed by atoms with Gasteiger partial charge in [-0.3, -0.25) is 14.2 Å². The Bertz CT molecular complexity index is 1530. The van der Waals surface area contributed by atoms with Crippen molar-refractivity contribution in [2.45, 2.75) is 174 Å². The summed E-state index contributed by atoms with van der Waals surface area (Å²) >= 11 is 0. The number of hydrogen-bond acceptors (Lipinski definition) is 8. The minimum absolute atomic E-state index is 0.0459. The molecule has 0 spiro atoms. The van der Waals surface area contributed by atoms with E-state index in [-0.39, 0.29) is 26.1 Å². The van der Waals surface area contributed by atoms with Gasteiger partial charge >= 0.3 is 11.9 Å². The van der Waals surface area contributed by atoms with Crippen LogP contribution in [0.25, 0.3) is 0 Å². The van der Waals surface area contributed by atoms with Gasteiger partial charge in [-0.25, -0.2) is 0 Å². The molecule has 0 saturated carbocycles. The second kappa shape index (κ2) is 46.5. The fourth-order valence-electron chi connectivity index (χ4n) is 6.04. The van der Waals surface area contributed by atoms with Crippen molar-refractivity contribution in [3.8, 4) is 0 Å². The van der Waals surface area contributed by atoms with Gasteiger partial charge in [0, 0.05) is 12.8 Å². The molecule has 374 valence electrons. The minimum Gasteiger partial charge on any atom is -0.756 e. The van der Waals surface area contributed by atoms with Crippen LogP contribution in [0.2, 0.25) is 0 Å². The molecule has 66 heavy (non-hydrogen) atoms. The Morgan fingerprint density at radius 2 is 0.864 bits per heavy atom. The molecular weight excluding hydrogens is 846 g/mol. The molecule has 9 nitrogen and oxygen atoms in total. The van der Waals surface area contributed by atoms with E-state index in [1.54, 1.807) is 0 Å². The van der Waals surface area contributed by atoms with E-state index >= 15 is 0 Å². The van der Waals surface area contributed by atoms with Crippen molar-refractivity contribution in [1.29, 1.82) is 0 Å². The third-order valence-electron chi connectivity index (χ3n) is 9.97. The lowest BCUT2D eigenvalue weighted by Gasteiger charge is -2.28. The molecule has 0 aromatic heterocycles. The molecule has 0 aliphatic heterocycles. The van der Waals surface area contributed by atoms with Crippen LogP contribution in [0.4, 0.5) is 0 Å². The lowest BCUT2D eigenvalue weighted by atomic mass is 10.1. The van der Waals surface area contributed by atoms with Gasteiger partial charge in [0.15, 0.2) is 6.10 Å². The zero-order valence-corrected chi connectivity index (χ0v) is 43.0. The van der Waals surface area contributed by atoms with Gasteiger partial charge in [-0.2, -0.15) is 0 Å². The molecule has 10 heteroatoms. The number of phosphoric acid groups is 1. The predicted octanol–water partition coefficient (Wildman–Crippen LogP) is 14.6. The average molecular weight is 938 g/mol. The largest absolute Gasteiger partial charge is 0.756 e. The van der Waals surface area contributed by atoms with Crippen molar-refractivity contribution >= 4 is 19.8 Å². The number of carbonyl (C=O) groups excluding carboxylic acids is 2. The van der Waals surface area contributed by atoms with Crippen LogP contribution in [-0.2, 0) is 32.7 Å². The number of allylic oxidation sites excluding steroid dienone is 20. The number of phosphoric ester groups is 1. The summed E-state index contributed by atoms with van der Waals surface area (Å²) in [6, 6.07) is 0. The van der Waals surface area contributed by atoms with Crippen molar-refractivity contribution in [3.63, 3.8) is 0 Å². The van der Waals surface area contributed by atoms with Gasteiger partial charge in [-0.1, -0.05) is 174 Å². The molecule has 0 aliphatic carbocycles. The SMILES string of the molecule is CC/C=C\C/C=C\C/C=C\C/C=C\C/C=C\C/C=C\C/C=C\C/C=C\C/C=C\CCCCCC(=O)OC(COC(=O)CCCCCCC/C=C\CCCC)COP(=O)([O-])OCC[N+](C)(C)C. The summed E-state index contributed by atoms with van der Waals surface area (Å²) in [4.78, 5) is 37.6. The maximum Gasteiger partial charge on any atom is 0.306 e. The lowest BCUT2D eigenvalue weighted by Crippen LogP contribution is -2.37. The van der Waals surface area contributed by atoms with E-state index in [2.05, 4.69) is 135 Å². The molecule has 0 rings (SSSR count). The second-order valence-corrected chi connectivity index (χ2v) is 18.9. The molecular formula is C56H92NO8P. The van der Waals surface area contributed by atoms with Crippen LogP contribution >= 0.6 is 7.82 Å². The first-order chi connectivity index (χ1) is 32.0. The average Bonchev–Trinajstić information content (AvgIpc) is 3.27. The zero-order chi connectivity index (χ0) is 48.5. The van der Waals surface area contributed by atoms with Gasteiger partial charge in [-0.15, -0.1) is 0 Å². The highest BCUT2D eigenvalue weighted by molar-refractivity contribution is 7.45. The Kier molecular flexibility index (Phi) is 44.0. The van der Waals surface area contributed by atoms with Crippen molar-refractivity contribution in [2.24, 2.45) is 0 Å². The van der Waals surface area contributed by atoms with Crippen LogP contribution in [0.3, 0.4) is 0 Å². The van der Waals surface area contributed by atoms with Crippen LogP contribution in [0.15, 0.2) is 122 Å². The summed E-state index contributed by atoms with van der Waals surface area (Å²) in [6.45, 7) is 3.99. The Labute approximate surface area is 403 Å². The summed E-state index contributed by atoms with van der Waals surface area (Å²) in [7, 11) is 1.12. The lowest BCUT2D eigenvalue weighted by molar-refractivity contribution is -0.870. The smallest absolute Gasteiger partial charge is 0.306 e. The number of ether oxygens (including phenoxy) is 2. The maximum absolute atomic E-state index is 12.7. The van der Waals surface area contributed by atoms with E-state index in [4.69, 9.17) is 18.5 Å². The Balaban J connectivity index is 4.31. The van der Waals surface area contributed by atoms with Crippen molar-refractivity contribution in [2.75, 3.05) is 47.5 Å². The predicted molar refractivity (Wildman–Crippen MR) is 277 cm³/mol. The number of likely N-dealkylation sites (N-methyl/N-ethyl adjacent to an activating group) is 1. The van der Waals surface area contributed by atoms with Crippen LogP contribution < -0.4 is 4.89 Å². The fraction of sp³-hybridized carbons (Fsp3) is 0.607. The summed E-state index contributed by atoms with van der Waals surface area (Å²) < 4.78 is 33.9. The first kappa shape index (κ1) is 62.4. The highest BCUT2D eigenvalue weighted by Gasteiger charge is 2.21. The van der Waals surface area contributed by atoms with Crippen LogP contribution in [0.5, 0.6) is 0 Å². The van der Waals surface area contributed by atoms with Gasteiger partial charge in [0.05, 0.1) is 27.7 Å². The summed E-state index contributed by atoms with van der Waals surface area (Å²) in [6.07, 6.45) is 65.3. The number of esters is 2. The molecule has 0 saturated heterocycles. The van der Waals surface area contributed by atoms with Crippen LogP contribution in [-0.4, -0.2) is 70.0 Å². The monoisotopic (exact) mass is 938 g/mol. The zero-order valence-electron chi connectivity index (χ0n) is 42.1. The topological polar surface area (TPSA) is 111 Å². The van der Waals surface area contributed by atoms with Gasteiger partial charge in [0.25, 0.3) is 7.82 Å². The summed E-state index contributed by atoms with van der Waals surface area (Å²) in [5.41, 5.74) is 0. The van der Waals surface area contributed by atoms with E-state index in [1.807, 2.05) is 21.1 Å². The van der Waals surface area contributed by atoms with Crippen LogP contribution in [0.1, 0.15) is 168 Å². The van der Waals surface area contributed by atoms with E-state index in [9.17, 15) is 19.0 Å². The minimum atomic E-state index is -4.65. The Morgan fingerprint density at radius 1 is 0.485 bits per heavy atom. The number of carbonyl (C=O) groups is 2.